The molecule has 1 heterocycles. The Bertz CT molecular complexity index is 415. The predicted molar refractivity (Wildman–Crippen MR) is 70.9 cm³/mol. The van der Waals surface area contributed by atoms with E-state index in [1.807, 2.05) is 0 Å². The van der Waals surface area contributed by atoms with Crippen molar-refractivity contribution in [2.24, 2.45) is 11.8 Å². The molecule has 1 aromatic rings. The maximum Gasteiger partial charge on any atom is 0.255 e. The van der Waals surface area contributed by atoms with Crippen molar-refractivity contribution in [2.75, 3.05) is 5.43 Å². The molecule has 2 rings (SSSR count). The average Bonchev–Trinajstić information content (AvgIpc) is 2.92. The van der Waals surface area contributed by atoms with Crippen molar-refractivity contribution in [1.29, 1.82) is 0 Å². The van der Waals surface area contributed by atoms with Crippen LogP contribution in [0.4, 0.5) is 5.69 Å². The third-order valence-corrected chi connectivity index (χ3v) is 3.69. The van der Waals surface area contributed by atoms with Gasteiger partial charge in [0.1, 0.15) is 0 Å². The van der Waals surface area contributed by atoms with E-state index in [1.165, 1.54) is 31.9 Å². The van der Waals surface area contributed by atoms with Gasteiger partial charge < -0.3 is 10.7 Å². The molecule has 1 atom stereocenters. The second kappa shape index (κ2) is 5.82. The molecule has 18 heavy (non-hydrogen) atoms. The molecule has 5 heteroatoms. The predicted octanol–water partition coefficient (Wildman–Crippen LogP) is 1.68. The number of nitrogen functional groups attached to an aromatic ring is 1. The van der Waals surface area contributed by atoms with Crippen LogP contribution in [0.1, 0.15) is 43.0 Å². The van der Waals surface area contributed by atoms with Gasteiger partial charge in [0.25, 0.3) is 5.91 Å². The number of nitrogens with one attached hydrogen (secondary N) is 2. The smallest absolute Gasteiger partial charge is 0.255 e. The number of nitrogens with two attached hydrogens (primary N) is 1. The lowest BCUT2D eigenvalue weighted by Gasteiger charge is -2.20. The quantitative estimate of drug-likeness (QED) is 0.559. The highest BCUT2D eigenvalue weighted by atomic mass is 16.1. The van der Waals surface area contributed by atoms with Crippen molar-refractivity contribution in [1.82, 2.24) is 10.3 Å². The fraction of sp³-hybridized carbons (Fsp3) is 0.538. The highest BCUT2D eigenvalue weighted by Crippen LogP contribution is 2.27. The van der Waals surface area contributed by atoms with E-state index in [9.17, 15) is 4.79 Å². The number of rotatable bonds is 4. The lowest BCUT2D eigenvalue weighted by molar-refractivity contribution is 0.0927. The average molecular weight is 248 g/mol. The summed E-state index contributed by atoms with van der Waals surface area (Å²) in [5.41, 5.74) is 3.61. The minimum absolute atomic E-state index is 0.115. The molecule has 0 spiro atoms. The molecule has 1 aliphatic carbocycles. The zero-order valence-corrected chi connectivity index (χ0v) is 10.6. The Morgan fingerprint density at radius 1 is 1.50 bits per heavy atom. The van der Waals surface area contributed by atoms with Gasteiger partial charge in [-0.15, -0.1) is 0 Å². The number of pyridine rings is 1. The van der Waals surface area contributed by atoms with Crippen LogP contribution in [0.2, 0.25) is 0 Å². The molecule has 0 aromatic carbocycles. The van der Waals surface area contributed by atoms with Crippen molar-refractivity contribution in [3.8, 4) is 0 Å². The number of carbonyl (C=O) groups is 1. The number of hydrogen-bond acceptors (Lipinski definition) is 4. The Hall–Kier alpha value is -1.62. The fourth-order valence-corrected chi connectivity index (χ4v) is 2.56. The Kier molecular flexibility index (Phi) is 4.15. The van der Waals surface area contributed by atoms with Gasteiger partial charge in [0.2, 0.25) is 0 Å². The van der Waals surface area contributed by atoms with Crippen molar-refractivity contribution < 1.29 is 4.79 Å². The second-order valence-corrected chi connectivity index (χ2v) is 4.87. The molecule has 1 fully saturated rings. The Labute approximate surface area is 107 Å². The molecular formula is C13H20N4O. The van der Waals surface area contributed by atoms with Gasteiger partial charge in [-0.3, -0.25) is 15.6 Å². The van der Waals surface area contributed by atoms with Crippen LogP contribution in [0.3, 0.4) is 0 Å². The summed E-state index contributed by atoms with van der Waals surface area (Å²) >= 11 is 0. The molecular weight excluding hydrogens is 228 g/mol. The monoisotopic (exact) mass is 248 g/mol. The van der Waals surface area contributed by atoms with Gasteiger partial charge in [-0.05, 0) is 31.7 Å². The number of aromatic nitrogens is 1. The molecule has 1 aliphatic rings. The van der Waals surface area contributed by atoms with Crippen LogP contribution in [0, 0.1) is 5.92 Å². The molecule has 0 radical (unpaired) electrons. The maximum atomic E-state index is 12.1. The minimum atomic E-state index is -0.115. The molecule has 1 saturated carbocycles. The van der Waals surface area contributed by atoms with Crippen LogP contribution in [0.5, 0.6) is 0 Å². The number of amides is 1. The van der Waals surface area contributed by atoms with Crippen LogP contribution in [-0.4, -0.2) is 16.9 Å². The summed E-state index contributed by atoms with van der Waals surface area (Å²) < 4.78 is 0. The van der Waals surface area contributed by atoms with Crippen LogP contribution in [-0.2, 0) is 0 Å². The van der Waals surface area contributed by atoms with Crippen molar-refractivity contribution in [3.05, 3.63) is 24.0 Å². The van der Waals surface area contributed by atoms with Crippen LogP contribution < -0.4 is 16.6 Å². The number of hydrogen-bond donors (Lipinski definition) is 3. The molecule has 0 saturated heterocycles. The van der Waals surface area contributed by atoms with Crippen LogP contribution >= 0.6 is 0 Å². The first-order chi connectivity index (χ1) is 8.72. The van der Waals surface area contributed by atoms with Gasteiger partial charge in [-0.25, -0.2) is 0 Å². The normalized spacial score (nSPS) is 17.4. The maximum absolute atomic E-state index is 12.1. The summed E-state index contributed by atoms with van der Waals surface area (Å²) in [6.07, 6.45) is 8.09. The summed E-state index contributed by atoms with van der Waals surface area (Å²) in [5, 5.41) is 3.04. The van der Waals surface area contributed by atoms with E-state index in [2.05, 4.69) is 22.7 Å². The molecule has 1 unspecified atom stereocenters. The molecule has 1 aromatic heterocycles. The highest BCUT2D eigenvalue weighted by molar-refractivity contribution is 5.99. The summed E-state index contributed by atoms with van der Waals surface area (Å²) in [4.78, 5) is 16.1. The van der Waals surface area contributed by atoms with Crippen LogP contribution in [0.15, 0.2) is 18.5 Å². The van der Waals surface area contributed by atoms with E-state index in [-0.39, 0.29) is 11.9 Å². The number of carbonyl (C=O) groups excluding carboxylic acids is 1. The van der Waals surface area contributed by atoms with E-state index < -0.39 is 0 Å². The van der Waals surface area contributed by atoms with E-state index in [0.717, 1.165) is 0 Å². The van der Waals surface area contributed by atoms with E-state index in [0.29, 0.717) is 17.2 Å². The number of hydrazine groups is 1. The molecule has 0 bridgehead atoms. The van der Waals surface area contributed by atoms with Crippen LogP contribution in [0.25, 0.3) is 0 Å². The van der Waals surface area contributed by atoms with Gasteiger partial charge in [-0.2, -0.15) is 0 Å². The zero-order chi connectivity index (χ0) is 13.0. The molecule has 5 nitrogen and oxygen atoms in total. The van der Waals surface area contributed by atoms with Gasteiger partial charge in [0.05, 0.1) is 11.3 Å². The zero-order valence-electron chi connectivity index (χ0n) is 10.6. The summed E-state index contributed by atoms with van der Waals surface area (Å²) in [6, 6.07) is 1.89. The fourth-order valence-electron chi connectivity index (χ4n) is 2.56. The first-order valence-electron chi connectivity index (χ1n) is 6.44. The SMILES string of the molecule is CC(NC(=O)c1cnccc1NN)C1CCCC1. The second-order valence-electron chi connectivity index (χ2n) is 4.87. The molecule has 98 valence electrons. The summed E-state index contributed by atoms with van der Waals surface area (Å²) in [7, 11) is 0. The van der Waals surface area contributed by atoms with E-state index in [4.69, 9.17) is 5.84 Å². The van der Waals surface area contributed by atoms with Crippen molar-refractivity contribution in [3.63, 3.8) is 0 Å². The van der Waals surface area contributed by atoms with Gasteiger partial charge >= 0.3 is 0 Å². The van der Waals surface area contributed by atoms with Gasteiger partial charge in [0.15, 0.2) is 0 Å². The molecule has 0 aliphatic heterocycles. The van der Waals surface area contributed by atoms with E-state index in [1.54, 1.807) is 12.3 Å². The third-order valence-electron chi connectivity index (χ3n) is 3.69. The molecule has 1 amide bonds. The summed E-state index contributed by atoms with van der Waals surface area (Å²) in [5.74, 6) is 5.87. The van der Waals surface area contributed by atoms with Gasteiger partial charge in [-0.1, -0.05) is 12.8 Å². The minimum Gasteiger partial charge on any atom is -0.349 e. The highest BCUT2D eigenvalue weighted by Gasteiger charge is 2.23. The summed E-state index contributed by atoms with van der Waals surface area (Å²) in [6.45, 7) is 2.07. The Morgan fingerprint density at radius 3 is 2.89 bits per heavy atom. The van der Waals surface area contributed by atoms with Gasteiger partial charge in [0, 0.05) is 18.4 Å². The van der Waals surface area contributed by atoms with Crippen molar-refractivity contribution in [2.45, 2.75) is 38.6 Å². The Balaban J connectivity index is 2.02. The molecule has 4 N–H and O–H groups in total. The largest absolute Gasteiger partial charge is 0.349 e. The van der Waals surface area contributed by atoms with Crippen molar-refractivity contribution >= 4 is 11.6 Å². The van der Waals surface area contributed by atoms with E-state index >= 15 is 0 Å². The lowest BCUT2D eigenvalue weighted by Crippen LogP contribution is -2.37. The third kappa shape index (κ3) is 2.79. The Morgan fingerprint density at radius 2 is 2.22 bits per heavy atom. The number of nitrogens with zero attached hydrogens (tertiary/aromatic N) is 1. The first kappa shape index (κ1) is 12.8. The topological polar surface area (TPSA) is 80.0 Å². The number of anilines is 1. The lowest BCUT2D eigenvalue weighted by atomic mass is 9.99. The first-order valence-corrected chi connectivity index (χ1v) is 6.44. The standard InChI is InChI=1S/C13H20N4O/c1-9(10-4-2-3-5-10)16-13(18)11-8-15-7-6-12(11)17-14/h6-10H,2-5,14H2,1H3,(H,15,17)(H,16,18).